The van der Waals surface area contributed by atoms with E-state index in [-0.39, 0.29) is 30.4 Å². The summed E-state index contributed by atoms with van der Waals surface area (Å²) in [5.41, 5.74) is 0. The van der Waals surface area contributed by atoms with Gasteiger partial charge in [-0.25, -0.2) is 0 Å². The molecule has 1 saturated heterocycles. The van der Waals surface area contributed by atoms with E-state index in [1.54, 1.807) is 0 Å². The van der Waals surface area contributed by atoms with Crippen molar-refractivity contribution >= 4 is 11.8 Å². The summed E-state index contributed by atoms with van der Waals surface area (Å²) in [5, 5.41) is 5.92. The summed E-state index contributed by atoms with van der Waals surface area (Å²) in [7, 11) is 0. The molecule has 19 heavy (non-hydrogen) atoms. The molecule has 0 saturated carbocycles. The minimum Gasteiger partial charge on any atom is -0.353 e. The van der Waals surface area contributed by atoms with Crippen LogP contribution >= 0.6 is 0 Å². The van der Waals surface area contributed by atoms with Crippen LogP contribution < -0.4 is 10.6 Å². The molecule has 0 aromatic rings. The van der Waals surface area contributed by atoms with Gasteiger partial charge in [0.2, 0.25) is 11.8 Å². The van der Waals surface area contributed by atoms with Gasteiger partial charge in [-0.05, 0) is 33.1 Å². The van der Waals surface area contributed by atoms with Gasteiger partial charge < -0.3 is 10.2 Å². The van der Waals surface area contributed by atoms with Gasteiger partial charge in [-0.15, -0.1) is 0 Å². The van der Waals surface area contributed by atoms with Gasteiger partial charge in [-0.1, -0.05) is 13.3 Å². The average Bonchev–Trinajstić information content (AvgIpc) is 2.89. The van der Waals surface area contributed by atoms with Gasteiger partial charge in [0.1, 0.15) is 0 Å². The van der Waals surface area contributed by atoms with Gasteiger partial charge in [-0.3, -0.25) is 14.9 Å². The Hall–Kier alpha value is -1.10. The van der Waals surface area contributed by atoms with E-state index in [4.69, 9.17) is 0 Å². The Bertz CT molecular complexity index is 301. The Balaban J connectivity index is 2.23. The van der Waals surface area contributed by atoms with Crippen LogP contribution in [0.1, 0.15) is 46.5 Å². The second-order valence-electron chi connectivity index (χ2n) is 5.39. The summed E-state index contributed by atoms with van der Waals surface area (Å²) in [6.07, 6.45) is 4.22. The third-order valence-corrected chi connectivity index (χ3v) is 3.49. The molecule has 1 fully saturated rings. The fourth-order valence-electron chi connectivity index (χ4n) is 2.38. The maximum atomic E-state index is 12.0. The predicted molar refractivity (Wildman–Crippen MR) is 75.8 cm³/mol. The van der Waals surface area contributed by atoms with Crippen molar-refractivity contribution in [1.29, 1.82) is 0 Å². The first kappa shape index (κ1) is 16.0. The fourth-order valence-corrected chi connectivity index (χ4v) is 2.38. The number of amides is 2. The van der Waals surface area contributed by atoms with Crippen molar-refractivity contribution < 1.29 is 9.59 Å². The van der Waals surface area contributed by atoms with Gasteiger partial charge in [-0.2, -0.15) is 0 Å². The zero-order valence-corrected chi connectivity index (χ0v) is 12.4. The first-order valence-electron chi connectivity index (χ1n) is 7.36. The molecule has 2 atom stereocenters. The number of nitrogens with zero attached hydrogens (tertiary/aromatic N) is 1. The molecule has 0 aromatic carbocycles. The van der Waals surface area contributed by atoms with Crippen LogP contribution in [-0.4, -0.2) is 48.4 Å². The van der Waals surface area contributed by atoms with Gasteiger partial charge in [0.15, 0.2) is 0 Å². The smallest absolute Gasteiger partial charge is 0.239 e. The van der Waals surface area contributed by atoms with Crippen molar-refractivity contribution in [2.75, 3.05) is 19.6 Å². The van der Waals surface area contributed by atoms with Crippen LogP contribution in [0.25, 0.3) is 0 Å². The highest BCUT2D eigenvalue weighted by atomic mass is 16.2. The van der Waals surface area contributed by atoms with Crippen molar-refractivity contribution in [2.45, 2.75) is 58.5 Å². The molecule has 2 unspecified atom stereocenters. The lowest BCUT2D eigenvalue weighted by molar-refractivity contribution is -0.132. The lowest BCUT2D eigenvalue weighted by atomic mass is 10.2. The number of carbonyl (C=O) groups is 2. The maximum Gasteiger partial charge on any atom is 0.239 e. The molecule has 0 bridgehead atoms. The SMILES string of the molecule is CCCC(C)NC(=O)CNC(C)C(=O)N1CCCC1. The lowest BCUT2D eigenvalue weighted by Crippen LogP contribution is -2.47. The van der Waals surface area contributed by atoms with Crippen molar-refractivity contribution in [3.05, 3.63) is 0 Å². The molecule has 1 aliphatic rings. The molecule has 1 heterocycles. The van der Waals surface area contributed by atoms with Gasteiger partial charge in [0.05, 0.1) is 12.6 Å². The molecule has 0 aromatic heterocycles. The highest BCUT2D eigenvalue weighted by Crippen LogP contribution is 2.08. The van der Waals surface area contributed by atoms with Crippen molar-refractivity contribution in [3.63, 3.8) is 0 Å². The molecule has 5 nitrogen and oxygen atoms in total. The van der Waals surface area contributed by atoms with Crippen LogP contribution in [0.3, 0.4) is 0 Å². The Morgan fingerprint density at radius 3 is 2.42 bits per heavy atom. The van der Waals surface area contributed by atoms with E-state index in [1.165, 1.54) is 0 Å². The Labute approximate surface area is 116 Å². The van der Waals surface area contributed by atoms with E-state index in [0.29, 0.717) is 0 Å². The van der Waals surface area contributed by atoms with Gasteiger partial charge >= 0.3 is 0 Å². The molecule has 2 N–H and O–H groups in total. The summed E-state index contributed by atoms with van der Waals surface area (Å²) >= 11 is 0. The Kier molecular flexibility index (Phi) is 6.84. The number of hydrogen-bond acceptors (Lipinski definition) is 3. The number of rotatable bonds is 7. The van der Waals surface area contributed by atoms with Gasteiger partial charge in [0.25, 0.3) is 0 Å². The minimum atomic E-state index is -0.287. The summed E-state index contributed by atoms with van der Waals surface area (Å²) in [6, 6.07) is -0.0887. The fraction of sp³-hybridized carbons (Fsp3) is 0.857. The maximum absolute atomic E-state index is 12.0. The zero-order valence-electron chi connectivity index (χ0n) is 12.4. The molecule has 5 heteroatoms. The van der Waals surface area contributed by atoms with E-state index >= 15 is 0 Å². The van der Waals surface area contributed by atoms with Crippen LogP contribution in [0.2, 0.25) is 0 Å². The van der Waals surface area contributed by atoms with Crippen LogP contribution in [-0.2, 0) is 9.59 Å². The average molecular weight is 269 g/mol. The molecular formula is C14H27N3O2. The quantitative estimate of drug-likeness (QED) is 0.721. The van der Waals surface area contributed by atoms with E-state index < -0.39 is 0 Å². The first-order valence-corrected chi connectivity index (χ1v) is 7.36. The van der Waals surface area contributed by atoms with E-state index in [2.05, 4.69) is 17.6 Å². The van der Waals surface area contributed by atoms with Gasteiger partial charge in [0, 0.05) is 19.1 Å². The topological polar surface area (TPSA) is 61.4 Å². The molecule has 0 aliphatic carbocycles. The predicted octanol–water partition coefficient (Wildman–Crippen LogP) is 0.892. The summed E-state index contributed by atoms with van der Waals surface area (Å²) in [5.74, 6) is 0.0638. The second kappa shape index (κ2) is 8.15. The lowest BCUT2D eigenvalue weighted by Gasteiger charge is -2.21. The molecule has 2 amide bonds. The number of carbonyl (C=O) groups excluding carboxylic acids is 2. The number of hydrogen-bond donors (Lipinski definition) is 2. The summed E-state index contributed by atoms with van der Waals surface area (Å²) in [4.78, 5) is 25.6. The highest BCUT2D eigenvalue weighted by molar-refractivity contribution is 5.83. The largest absolute Gasteiger partial charge is 0.353 e. The molecule has 1 aliphatic heterocycles. The standard InChI is InChI=1S/C14H27N3O2/c1-4-7-11(2)16-13(18)10-15-12(3)14(19)17-8-5-6-9-17/h11-12,15H,4-10H2,1-3H3,(H,16,18). The van der Waals surface area contributed by atoms with E-state index in [9.17, 15) is 9.59 Å². The third-order valence-electron chi connectivity index (χ3n) is 3.49. The first-order chi connectivity index (χ1) is 9.04. The Morgan fingerprint density at radius 1 is 1.21 bits per heavy atom. The summed E-state index contributed by atoms with van der Waals surface area (Å²) in [6.45, 7) is 7.82. The van der Waals surface area contributed by atoms with Crippen molar-refractivity contribution in [3.8, 4) is 0 Å². The number of likely N-dealkylation sites (tertiary alicyclic amines) is 1. The molecular weight excluding hydrogens is 242 g/mol. The molecule has 110 valence electrons. The molecule has 1 rings (SSSR count). The third kappa shape index (κ3) is 5.59. The second-order valence-corrected chi connectivity index (χ2v) is 5.39. The highest BCUT2D eigenvalue weighted by Gasteiger charge is 2.23. The molecule has 0 radical (unpaired) electrons. The van der Waals surface area contributed by atoms with Crippen molar-refractivity contribution in [1.82, 2.24) is 15.5 Å². The van der Waals surface area contributed by atoms with Crippen LogP contribution in [0.5, 0.6) is 0 Å². The summed E-state index contributed by atoms with van der Waals surface area (Å²) < 4.78 is 0. The van der Waals surface area contributed by atoms with Crippen LogP contribution in [0, 0.1) is 0 Å². The normalized spacial score (nSPS) is 18.2. The van der Waals surface area contributed by atoms with Crippen LogP contribution in [0.15, 0.2) is 0 Å². The Morgan fingerprint density at radius 2 is 1.84 bits per heavy atom. The van der Waals surface area contributed by atoms with E-state index in [1.807, 2.05) is 18.7 Å². The monoisotopic (exact) mass is 269 g/mol. The number of nitrogens with one attached hydrogen (secondary N) is 2. The minimum absolute atomic E-state index is 0.0398. The zero-order chi connectivity index (χ0) is 14.3. The molecule has 0 spiro atoms. The van der Waals surface area contributed by atoms with Crippen molar-refractivity contribution in [2.24, 2.45) is 0 Å². The van der Waals surface area contributed by atoms with Crippen LogP contribution in [0.4, 0.5) is 0 Å². The van der Waals surface area contributed by atoms with E-state index in [0.717, 1.165) is 38.8 Å².